The Labute approximate surface area is 119 Å². The van der Waals surface area contributed by atoms with E-state index in [4.69, 9.17) is 9.47 Å². The lowest BCUT2D eigenvalue weighted by atomic mass is 10.2. The number of nitrogens with one attached hydrogen (secondary N) is 1. The molecule has 0 unspecified atom stereocenters. The fourth-order valence-electron chi connectivity index (χ4n) is 1.88. The highest BCUT2D eigenvalue weighted by molar-refractivity contribution is 5.49. The number of phenols is 1. The summed E-state index contributed by atoms with van der Waals surface area (Å²) in [6.45, 7) is 3.06. The van der Waals surface area contributed by atoms with Crippen LogP contribution in [-0.2, 0) is 6.54 Å². The maximum Gasteiger partial charge on any atom is 0.161 e. The lowest BCUT2D eigenvalue weighted by Crippen LogP contribution is -2.00. The van der Waals surface area contributed by atoms with E-state index < -0.39 is 0 Å². The van der Waals surface area contributed by atoms with E-state index >= 15 is 0 Å². The summed E-state index contributed by atoms with van der Waals surface area (Å²) in [6, 6.07) is 13.1. The van der Waals surface area contributed by atoms with E-state index in [1.54, 1.807) is 13.2 Å². The summed E-state index contributed by atoms with van der Waals surface area (Å²) in [5.41, 5.74) is 2.02. The van der Waals surface area contributed by atoms with Crippen molar-refractivity contribution >= 4 is 5.69 Å². The summed E-state index contributed by atoms with van der Waals surface area (Å²) >= 11 is 0. The molecule has 2 aromatic carbocycles. The molecule has 2 rings (SSSR count). The lowest BCUT2D eigenvalue weighted by molar-refractivity contribution is 0.318. The molecule has 0 fully saturated rings. The molecule has 0 saturated heterocycles. The zero-order valence-corrected chi connectivity index (χ0v) is 11.7. The number of phenolic OH excluding ortho intramolecular Hbond substituents is 1. The molecule has 106 valence electrons. The van der Waals surface area contributed by atoms with Crippen molar-refractivity contribution in [2.24, 2.45) is 0 Å². The summed E-state index contributed by atoms with van der Waals surface area (Å²) in [5.74, 6) is 1.49. The Morgan fingerprint density at radius 2 is 2.00 bits per heavy atom. The van der Waals surface area contributed by atoms with Crippen LogP contribution in [0.15, 0.2) is 42.5 Å². The van der Waals surface area contributed by atoms with E-state index in [2.05, 4.69) is 5.32 Å². The number of hydrogen-bond donors (Lipinski definition) is 2. The molecule has 0 bridgehead atoms. The van der Waals surface area contributed by atoms with Crippen LogP contribution < -0.4 is 14.8 Å². The van der Waals surface area contributed by atoms with Crippen molar-refractivity contribution in [1.82, 2.24) is 0 Å². The summed E-state index contributed by atoms with van der Waals surface area (Å²) < 4.78 is 10.5. The van der Waals surface area contributed by atoms with E-state index in [9.17, 15) is 5.11 Å². The van der Waals surface area contributed by atoms with E-state index in [1.807, 2.05) is 43.3 Å². The molecule has 0 aliphatic carbocycles. The van der Waals surface area contributed by atoms with Gasteiger partial charge in [0, 0.05) is 18.3 Å². The van der Waals surface area contributed by atoms with Gasteiger partial charge in [0.25, 0.3) is 0 Å². The van der Waals surface area contributed by atoms with Gasteiger partial charge in [-0.1, -0.05) is 12.1 Å². The quantitative estimate of drug-likeness (QED) is 0.846. The molecule has 4 heteroatoms. The molecule has 0 heterocycles. The van der Waals surface area contributed by atoms with Crippen LogP contribution in [0.3, 0.4) is 0 Å². The molecule has 2 aromatic rings. The predicted molar refractivity (Wildman–Crippen MR) is 79.6 cm³/mol. The maximum absolute atomic E-state index is 9.66. The molecule has 20 heavy (non-hydrogen) atoms. The Bertz CT molecular complexity index is 569. The molecule has 0 aliphatic heterocycles. The van der Waals surface area contributed by atoms with Gasteiger partial charge in [-0.15, -0.1) is 0 Å². The first-order chi connectivity index (χ1) is 9.72. The second kappa shape index (κ2) is 6.70. The Morgan fingerprint density at radius 3 is 2.75 bits per heavy atom. The van der Waals surface area contributed by atoms with Gasteiger partial charge in [0.2, 0.25) is 0 Å². The van der Waals surface area contributed by atoms with E-state index in [1.165, 1.54) is 0 Å². The van der Waals surface area contributed by atoms with Crippen molar-refractivity contribution in [3.8, 4) is 17.2 Å². The monoisotopic (exact) mass is 273 g/mol. The molecule has 2 N–H and O–H groups in total. The van der Waals surface area contributed by atoms with Gasteiger partial charge >= 0.3 is 0 Å². The first-order valence-corrected chi connectivity index (χ1v) is 6.55. The normalized spacial score (nSPS) is 10.1. The Balaban J connectivity index is 2.04. The van der Waals surface area contributed by atoms with Crippen LogP contribution in [-0.4, -0.2) is 18.8 Å². The minimum atomic E-state index is 0.164. The highest BCUT2D eigenvalue weighted by Crippen LogP contribution is 2.27. The van der Waals surface area contributed by atoms with Crippen molar-refractivity contribution in [3.63, 3.8) is 0 Å². The van der Waals surface area contributed by atoms with Crippen LogP contribution in [0.5, 0.6) is 17.2 Å². The average molecular weight is 273 g/mol. The van der Waals surface area contributed by atoms with Crippen LogP contribution in [0.2, 0.25) is 0 Å². The zero-order valence-electron chi connectivity index (χ0n) is 11.7. The molecule has 0 spiro atoms. The predicted octanol–water partition coefficient (Wildman–Crippen LogP) is 3.41. The fraction of sp³-hybridized carbons (Fsp3) is 0.250. The second-order valence-corrected chi connectivity index (χ2v) is 4.32. The fourth-order valence-corrected chi connectivity index (χ4v) is 1.88. The Hall–Kier alpha value is -2.36. The van der Waals surface area contributed by atoms with Gasteiger partial charge in [-0.25, -0.2) is 0 Å². The van der Waals surface area contributed by atoms with Crippen molar-refractivity contribution in [1.29, 1.82) is 0 Å². The molecule has 0 amide bonds. The number of aromatic hydroxyl groups is 1. The number of hydrogen-bond acceptors (Lipinski definition) is 4. The molecule has 4 nitrogen and oxygen atoms in total. The Morgan fingerprint density at radius 1 is 1.15 bits per heavy atom. The van der Waals surface area contributed by atoms with Gasteiger partial charge in [0.05, 0.1) is 13.7 Å². The second-order valence-electron chi connectivity index (χ2n) is 4.32. The van der Waals surface area contributed by atoms with Crippen LogP contribution in [0.1, 0.15) is 12.5 Å². The van der Waals surface area contributed by atoms with E-state index in [0.29, 0.717) is 18.9 Å². The van der Waals surface area contributed by atoms with E-state index in [-0.39, 0.29) is 5.75 Å². The zero-order chi connectivity index (χ0) is 14.4. The Kier molecular flexibility index (Phi) is 4.71. The number of methoxy groups -OCH3 is 1. The highest BCUT2D eigenvalue weighted by atomic mass is 16.5. The smallest absolute Gasteiger partial charge is 0.161 e. The SMILES string of the molecule is CCOc1cc(CNc2cccc(OC)c2)ccc1O. The molecular weight excluding hydrogens is 254 g/mol. The minimum absolute atomic E-state index is 0.164. The van der Waals surface area contributed by atoms with Gasteiger partial charge < -0.3 is 19.9 Å². The number of benzene rings is 2. The van der Waals surface area contributed by atoms with Crippen LogP contribution >= 0.6 is 0 Å². The largest absolute Gasteiger partial charge is 0.504 e. The van der Waals surface area contributed by atoms with Crippen LogP contribution in [0, 0.1) is 0 Å². The van der Waals surface area contributed by atoms with Gasteiger partial charge in [-0.05, 0) is 36.8 Å². The molecular formula is C16H19NO3. The minimum Gasteiger partial charge on any atom is -0.504 e. The first-order valence-electron chi connectivity index (χ1n) is 6.55. The summed E-state index contributed by atoms with van der Waals surface area (Å²) in [7, 11) is 1.65. The van der Waals surface area contributed by atoms with Gasteiger partial charge in [-0.2, -0.15) is 0 Å². The number of ether oxygens (including phenoxy) is 2. The summed E-state index contributed by atoms with van der Waals surface area (Å²) in [6.07, 6.45) is 0. The summed E-state index contributed by atoms with van der Waals surface area (Å²) in [4.78, 5) is 0. The van der Waals surface area contributed by atoms with Crippen LogP contribution in [0.4, 0.5) is 5.69 Å². The van der Waals surface area contributed by atoms with Crippen molar-refractivity contribution < 1.29 is 14.6 Å². The first kappa shape index (κ1) is 14.1. The van der Waals surface area contributed by atoms with Crippen LogP contribution in [0.25, 0.3) is 0 Å². The number of rotatable bonds is 6. The molecule has 0 atom stereocenters. The molecule has 0 aromatic heterocycles. The van der Waals surface area contributed by atoms with Gasteiger partial charge in [-0.3, -0.25) is 0 Å². The molecule has 0 saturated carbocycles. The van der Waals surface area contributed by atoms with E-state index in [0.717, 1.165) is 17.0 Å². The number of anilines is 1. The third kappa shape index (κ3) is 3.57. The standard InChI is InChI=1S/C16H19NO3/c1-3-20-16-9-12(7-8-15(16)18)11-17-13-5-4-6-14(10-13)19-2/h4-10,17-18H,3,11H2,1-2H3. The van der Waals surface area contributed by atoms with Gasteiger partial charge in [0.1, 0.15) is 5.75 Å². The molecule has 0 aliphatic rings. The topological polar surface area (TPSA) is 50.7 Å². The third-order valence-corrected chi connectivity index (χ3v) is 2.89. The summed E-state index contributed by atoms with van der Waals surface area (Å²) in [5, 5.41) is 13.0. The van der Waals surface area contributed by atoms with Gasteiger partial charge in [0.15, 0.2) is 11.5 Å². The van der Waals surface area contributed by atoms with Crippen molar-refractivity contribution in [2.75, 3.05) is 19.0 Å². The average Bonchev–Trinajstić information content (AvgIpc) is 2.48. The lowest BCUT2D eigenvalue weighted by Gasteiger charge is -2.10. The van der Waals surface area contributed by atoms with Crippen molar-refractivity contribution in [3.05, 3.63) is 48.0 Å². The maximum atomic E-state index is 9.66. The molecule has 0 radical (unpaired) electrons. The highest BCUT2D eigenvalue weighted by Gasteiger charge is 2.03. The third-order valence-electron chi connectivity index (χ3n) is 2.89. The van der Waals surface area contributed by atoms with Crippen molar-refractivity contribution in [2.45, 2.75) is 13.5 Å².